The summed E-state index contributed by atoms with van der Waals surface area (Å²) in [5.41, 5.74) is 4.65. The highest BCUT2D eigenvalue weighted by Crippen LogP contribution is 2.07. The summed E-state index contributed by atoms with van der Waals surface area (Å²) in [5.74, 6) is -1.55. The van der Waals surface area contributed by atoms with E-state index in [0.717, 1.165) is 11.8 Å². The van der Waals surface area contributed by atoms with Gasteiger partial charge in [-0.3, -0.25) is 19.2 Å². The molecule has 0 aliphatic rings. The van der Waals surface area contributed by atoms with E-state index in [1.165, 1.54) is 7.11 Å². The van der Waals surface area contributed by atoms with E-state index < -0.39 is 23.5 Å². The van der Waals surface area contributed by atoms with Gasteiger partial charge < -0.3 is 15.6 Å². The van der Waals surface area contributed by atoms with Gasteiger partial charge in [-0.25, -0.2) is 0 Å². The molecule has 0 aliphatic heterocycles. The molecule has 0 heterocycles. The van der Waals surface area contributed by atoms with Gasteiger partial charge in [-0.05, 0) is 0 Å². The first kappa shape index (κ1) is 18.8. The van der Waals surface area contributed by atoms with Crippen molar-refractivity contribution in [3.63, 3.8) is 0 Å². The van der Waals surface area contributed by atoms with Gasteiger partial charge in [0.05, 0.1) is 13.5 Å². The summed E-state index contributed by atoms with van der Waals surface area (Å²) in [5, 5.41) is 7.77. The van der Waals surface area contributed by atoms with Crippen molar-refractivity contribution in [1.82, 2.24) is 0 Å². The average Bonchev–Trinajstić information content (AvgIpc) is 2.28. The van der Waals surface area contributed by atoms with Crippen LogP contribution in [0.1, 0.15) is 26.2 Å². The molecule has 0 aromatic rings. The fourth-order valence-electron chi connectivity index (χ4n) is 0.525. The van der Waals surface area contributed by atoms with Gasteiger partial charge in [-0.1, -0.05) is 18.7 Å². The molecule has 0 saturated carbocycles. The monoisotopic (exact) mass is 279 g/mol. The highest BCUT2D eigenvalue weighted by Gasteiger charge is 2.09. The molecule has 0 atom stereocenters. The Labute approximate surface area is 109 Å². The third-order valence-electron chi connectivity index (χ3n) is 1.44. The van der Waals surface area contributed by atoms with Gasteiger partial charge in [0.2, 0.25) is 5.91 Å². The lowest BCUT2D eigenvalue weighted by Crippen LogP contribution is -2.06. The van der Waals surface area contributed by atoms with Crippen LogP contribution < -0.4 is 5.73 Å². The number of carbonyl (C=O) groups excluding carboxylic acids is 3. The number of amides is 1. The lowest BCUT2D eigenvalue weighted by molar-refractivity contribution is -0.140. The van der Waals surface area contributed by atoms with Crippen molar-refractivity contribution in [2.24, 2.45) is 5.73 Å². The molecule has 0 unspecified atom stereocenters. The first-order valence-corrected chi connectivity index (χ1v) is 6.04. The first-order valence-electron chi connectivity index (χ1n) is 5.06. The van der Waals surface area contributed by atoms with Crippen LogP contribution in [0.5, 0.6) is 0 Å². The maximum absolute atomic E-state index is 10.8. The predicted octanol–water partition coefficient (Wildman–Crippen LogP) is 0.166. The van der Waals surface area contributed by atoms with Crippen molar-refractivity contribution < 1.29 is 29.0 Å². The third-order valence-corrected chi connectivity index (χ3v) is 2.32. The largest absolute Gasteiger partial charge is 0.481 e. The number of esters is 1. The second kappa shape index (κ2) is 11.9. The van der Waals surface area contributed by atoms with Gasteiger partial charge in [0.25, 0.3) is 0 Å². The number of carboxylic acid groups (broad SMARTS) is 1. The number of hydrogen-bond donors (Lipinski definition) is 2. The Balaban J connectivity index is 0. The van der Waals surface area contributed by atoms with Crippen molar-refractivity contribution >= 4 is 34.7 Å². The fraction of sp³-hybridized carbons (Fsp3) is 0.600. The second-order valence-corrected chi connectivity index (χ2v) is 4.09. The standard InChI is InChI=1S/C7H10O5S.C3H7NO/c1-12-6(10)2-3-13-7(11)4-5(8)9;1-2-3(4)5/h2-4H2,1H3,(H,8,9);2H2,1H3,(H2,4,5). The molecule has 0 aromatic carbocycles. The van der Waals surface area contributed by atoms with Crippen molar-refractivity contribution in [3.05, 3.63) is 0 Å². The summed E-state index contributed by atoms with van der Waals surface area (Å²) in [6.07, 6.45) is 0.0539. The van der Waals surface area contributed by atoms with E-state index in [2.05, 4.69) is 10.5 Å². The molecule has 0 spiro atoms. The minimum absolute atomic E-state index is 0.118. The molecule has 0 aliphatic carbocycles. The third kappa shape index (κ3) is 16.8. The molecular formula is C10H17NO6S. The predicted molar refractivity (Wildman–Crippen MR) is 65.8 cm³/mol. The van der Waals surface area contributed by atoms with E-state index in [1.54, 1.807) is 6.92 Å². The van der Waals surface area contributed by atoms with Gasteiger partial charge in [-0.2, -0.15) is 0 Å². The lowest BCUT2D eigenvalue weighted by Gasteiger charge is -1.97. The molecule has 7 nitrogen and oxygen atoms in total. The fourth-order valence-corrected chi connectivity index (χ4v) is 1.25. The van der Waals surface area contributed by atoms with Crippen LogP contribution in [0.2, 0.25) is 0 Å². The molecule has 104 valence electrons. The smallest absolute Gasteiger partial charge is 0.311 e. The Kier molecular flexibility index (Phi) is 12.4. The minimum Gasteiger partial charge on any atom is -0.481 e. The number of primary amides is 1. The van der Waals surface area contributed by atoms with Gasteiger partial charge >= 0.3 is 11.9 Å². The number of ether oxygens (including phenoxy) is 1. The number of hydrogen-bond acceptors (Lipinski definition) is 6. The van der Waals surface area contributed by atoms with Gasteiger partial charge in [-0.15, -0.1) is 0 Å². The number of carbonyl (C=O) groups is 4. The van der Waals surface area contributed by atoms with Crippen LogP contribution in [0, 0.1) is 0 Å². The number of carboxylic acids is 1. The van der Waals surface area contributed by atoms with E-state index in [9.17, 15) is 19.2 Å². The Morgan fingerprint density at radius 3 is 2.11 bits per heavy atom. The molecule has 0 radical (unpaired) electrons. The Bertz CT molecular complexity index is 305. The summed E-state index contributed by atoms with van der Waals surface area (Å²) in [4.78, 5) is 40.9. The van der Waals surface area contributed by atoms with E-state index >= 15 is 0 Å². The van der Waals surface area contributed by atoms with Crippen molar-refractivity contribution in [2.75, 3.05) is 12.9 Å². The number of rotatable bonds is 6. The van der Waals surface area contributed by atoms with E-state index in [0.29, 0.717) is 6.42 Å². The summed E-state index contributed by atoms with van der Waals surface area (Å²) in [6.45, 7) is 1.72. The molecule has 0 saturated heterocycles. The molecule has 0 aromatic heterocycles. The van der Waals surface area contributed by atoms with Crippen LogP contribution in [0.3, 0.4) is 0 Å². The number of nitrogens with two attached hydrogens (primary N) is 1. The summed E-state index contributed by atoms with van der Waals surface area (Å²) in [7, 11) is 1.26. The zero-order chi connectivity index (χ0) is 14.6. The Morgan fingerprint density at radius 2 is 1.78 bits per heavy atom. The van der Waals surface area contributed by atoms with Crippen LogP contribution in [-0.2, 0) is 23.9 Å². The van der Waals surface area contributed by atoms with Crippen LogP contribution >= 0.6 is 11.8 Å². The number of thioether (sulfide) groups is 1. The minimum atomic E-state index is -1.16. The molecule has 0 bridgehead atoms. The highest BCUT2D eigenvalue weighted by atomic mass is 32.2. The second-order valence-electron chi connectivity index (χ2n) is 2.94. The van der Waals surface area contributed by atoms with Crippen molar-refractivity contribution in [1.29, 1.82) is 0 Å². The first-order chi connectivity index (χ1) is 8.33. The molecule has 8 heteroatoms. The van der Waals surface area contributed by atoms with Gasteiger partial charge in [0.1, 0.15) is 6.42 Å². The van der Waals surface area contributed by atoms with E-state index in [-0.39, 0.29) is 18.1 Å². The van der Waals surface area contributed by atoms with E-state index in [1.807, 2.05) is 0 Å². The van der Waals surface area contributed by atoms with E-state index in [4.69, 9.17) is 5.11 Å². The van der Waals surface area contributed by atoms with Crippen LogP contribution in [-0.4, -0.2) is 40.9 Å². The molecule has 0 fully saturated rings. The molecule has 3 N–H and O–H groups in total. The summed E-state index contributed by atoms with van der Waals surface area (Å²) >= 11 is 0.828. The van der Waals surface area contributed by atoms with Crippen molar-refractivity contribution in [3.8, 4) is 0 Å². The van der Waals surface area contributed by atoms with Gasteiger partial charge in [0, 0.05) is 12.2 Å². The maximum atomic E-state index is 10.8. The van der Waals surface area contributed by atoms with Crippen LogP contribution in [0.15, 0.2) is 0 Å². The number of aliphatic carboxylic acids is 1. The Hall–Kier alpha value is -1.57. The summed E-state index contributed by atoms with van der Waals surface area (Å²) in [6, 6.07) is 0. The summed E-state index contributed by atoms with van der Waals surface area (Å²) < 4.78 is 4.33. The zero-order valence-corrected chi connectivity index (χ0v) is 11.1. The SMILES string of the molecule is CCC(N)=O.COC(=O)CCSC(=O)CC(=O)O. The lowest BCUT2D eigenvalue weighted by atomic mass is 10.5. The normalized spacial score (nSPS) is 8.78. The molecule has 18 heavy (non-hydrogen) atoms. The zero-order valence-electron chi connectivity index (χ0n) is 10.3. The maximum Gasteiger partial charge on any atom is 0.311 e. The Morgan fingerprint density at radius 1 is 1.28 bits per heavy atom. The van der Waals surface area contributed by atoms with Gasteiger partial charge in [0.15, 0.2) is 5.12 Å². The highest BCUT2D eigenvalue weighted by molar-refractivity contribution is 8.13. The van der Waals surface area contributed by atoms with Crippen LogP contribution in [0.4, 0.5) is 0 Å². The average molecular weight is 279 g/mol. The topological polar surface area (TPSA) is 124 Å². The molecule has 0 rings (SSSR count). The number of methoxy groups -OCH3 is 1. The van der Waals surface area contributed by atoms with Crippen LogP contribution in [0.25, 0.3) is 0 Å². The quantitative estimate of drug-likeness (QED) is 0.524. The molecule has 1 amide bonds. The molecular weight excluding hydrogens is 262 g/mol. The van der Waals surface area contributed by atoms with Crippen molar-refractivity contribution in [2.45, 2.75) is 26.2 Å².